The van der Waals surface area contributed by atoms with Crippen LogP contribution in [0.5, 0.6) is 11.5 Å². The number of hydrogen-bond acceptors (Lipinski definition) is 6. The minimum Gasteiger partial charge on any atom is -0.493 e. The van der Waals surface area contributed by atoms with Gasteiger partial charge in [0.05, 0.1) is 29.7 Å². The summed E-state index contributed by atoms with van der Waals surface area (Å²) in [7, 11) is -1.34. The maximum absolute atomic E-state index is 12.9. The molecule has 1 amide bonds. The van der Waals surface area contributed by atoms with Crippen molar-refractivity contribution in [3.63, 3.8) is 0 Å². The van der Waals surface area contributed by atoms with Gasteiger partial charge in [-0.25, -0.2) is 8.42 Å². The highest BCUT2D eigenvalue weighted by atomic mass is 79.9. The fraction of sp³-hybridized carbons (Fsp3) is 0.611. The number of benzene rings is 1. The molecule has 1 atom stereocenters. The van der Waals surface area contributed by atoms with Crippen LogP contribution in [0.3, 0.4) is 0 Å². The second-order valence-electron chi connectivity index (χ2n) is 6.81. The molecule has 0 N–H and O–H groups in total. The zero-order valence-electron chi connectivity index (χ0n) is 15.6. The lowest BCUT2D eigenvalue weighted by Crippen LogP contribution is -2.52. The van der Waals surface area contributed by atoms with Crippen LogP contribution in [0.4, 0.5) is 0 Å². The van der Waals surface area contributed by atoms with Gasteiger partial charge in [0.2, 0.25) is 0 Å². The molecule has 2 heterocycles. The number of carbonyl (C=O) groups is 1. The second kappa shape index (κ2) is 8.36. The van der Waals surface area contributed by atoms with Crippen LogP contribution in [-0.2, 0) is 9.84 Å². The van der Waals surface area contributed by atoms with Gasteiger partial charge in [0.15, 0.2) is 21.3 Å². The highest BCUT2D eigenvalue weighted by Crippen LogP contribution is 2.37. The van der Waals surface area contributed by atoms with E-state index in [1.165, 1.54) is 0 Å². The van der Waals surface area contributed by atoms with E-state index in [1.54, 1.807) is 19.2 Å². The Bertz CT molecular complexity index is 806. The second-order valence-corrected chi connectivity index (χ2v) is 9.89. The third-order valence-electron chi connectivity index (χ3n) is 5.09. The van der Waals surface area contributed by atoms with Crippen LogP contribution in [0.25, 0.3) is 0 Å². The number of nitrogens with zero attached hydrogens (tertiary/aromatic N) is 2. The number of sulfone groups is 1. The molecule has 150 valence electrons. The topological polar surface area (TPSA) is 76.2 Å². The molecule has 1 aromatic rings. The maximum Gasteiger partial charge on any atom is 0.254 e. The number of hydrogen-bond donors (Lipinski definition) is 0. The molecule has 1 unspecified atom stereocenters. The van der Waals surface area contributed by atoms with Gasteiger partial charge >= 0.3 is 0 Å². The summed E-state index contributed by atoms with van der Waals surface area (Å²) in [5.41, 5.74) is 0.541. The van der Waals surface area contributed by atoms with Crippen LogP contribution in [0.15, 0.2) is 16.6 Å². The van der Waals surface area contributed by atoms with Gasteiger partial charge in [-0.1, -0.05) is 0 Å². The molecule has 7 nitrogen and oxygen atoms in total. The molecule has 0 aliphatic carbocycles. The standard InChI is InChI=1S/C18H25BrN2O5S/c1-3-26-17-15(19)10-13(11-16(17)25-2)18(22)21-7-5-20(6-8-21)14-4-9-27(23,24)12-14/h10-11,14H,3-9,12H2,1-2H3. The lowest BCUT2D eigenvalue weighted by Gasteiger charge is -2.37. The average Bonchev–Trinajstić information content (AvgIpc) is 3.02. The predicted molar refractivity (Wildman–Crippen MR) is 106 cm³/mol. The maximum atomic E-state index is 12.9. The van der Waals surface area contributed by atoms with Crippen LogP contribution in [0.1, 0.15) is 23.7 Å². The monoisotopic (exact) mass is 460 g/mol. The van der Waals surface area contributed by atoms with Crippen molar-refractivity contribution in [2.24, 2.45) is 0 Å². The van der Waals surface area contributed by atoms with Crippen molar-refractivity contribution in [3.05, 3.63) is 22.2 Å². The Labute approximate surface area is 168 Å². The van der Waals surface area contributed by atoms with Crippen LogP contribution >= 0.6 is 15.9 Å². The first-order valence-electron chi connectivity index (χ1n) is 9.08. The first-order chi connectivity index (χ1) is 12.8. The van der Waals surface area contributed by atoms with Gasteiger partial charge in [0.1, 0.15) is 0 Å². The Balaban J connectivity index is 1.66. The summed E-state index contributed by atoms with van der Waals surface area (Å²) in [6, 6.07) is 3.55. The van der Waals surface area contributed by atoms with E-state index in [1.807, 2.05) is 11.8 Å². The number of methoxy groups -OCH3 is 1. The summed E-state index contributed by atoms with van der Waals surface area (Å²) in [5.74, 6) is 1.56. The van der Waals surface area contributed by atoms with Crippen molar-refractivity contribution in [1.82, 2.24) is 9.80 Å². The number of ether oxygens (including phenoxy) is 2. The van der Waals surface area contributed by atoms with Gasteiger partial charge in [0, 0.05) is 37.8 Å². The van der Waals surface area contributed by atoms with E-state index in [9.17, 15) is 13.2 Å². The van der Waals surface area contributed by atoms with Crippen LogP contribution < -0.4 is 9.47 Å². The minimum absolute atomic E-state index is 0.0595. The SMILES string of the molecule is CCOc1c(Br)cc(C(=O)N2CCN(C3CCS(=O)(=O)C3)CC2)cc1OC. The first-order valence-corrected chi connectivity index (χ1v) is 11.7. The van der Waals surface area contributed by atoms with Crippen molar-refractivity contribution < 1.29 is 22.7 Å². The van der Waals surface area contributed by atoms with E-state index in [0.29, 0.717) is 60.7 Å². The van der Waals surface area contributed by atoms with E-state index in [4.69, 9.17) is 9.47 Å². The van der Waals surface area contributed by atoms with E-state index in [0.717, 1.165) is 0 Å². The molecule has 0 saturated carbocycles. The lowest BCUT2D eigenvalue weighted by molar-refractivity contribution is 0.0587. The van der Waals surface area contributed by atoms with Gasteiger partial charge in [-0.15, -0.1) is 0 Å². The molecular formula is C18H25BrN2O5S. The van der Waals surface area contributed by atoms with Gasteiger partial charge in [-0.2, -0.15) is 0 Å². The molecular weight excluding hydrogens is 436 g/mol. The Morgan fingerprint density at radius 2 is 1.96 bits per heavy atom. The van der Waals surface area contributed by atoms with Crippen molar-refractivity contribution >= 4 is 31.7 Å². The third kappa shape index (κ3) is 4.57. The average molecular weight is 461 g/mol. The minimum atomic E-state index is -2.89. The Hall–Kier alpha value is -1.32. The first kappa shape index (κ1) is 20.4. The normalized spacial score (nSPS) is 22.6. The Morgan fingerprint density at radius 3 is 2.52 bits per heavy atom. The quantitative estimate of drug-likeness (QED) is 0.666. The summed E-state index contributed by atoms with van der Waals surface area (Å²) in [4.78, 5) is 16.9. The van der Waals surface area contributed by atoms with E-state index in [-0.39, 0.29) is 23.5 Å². The molecule has 0 aromatic heterocycles. The summed E-state index contributed by atoms with van der Waals surface area (Å²) in [5, 5.41) is 0. The Morgan fingerprint density at radius 1 is 1.26 bits per heavy atom. The number of carbonyl (C=O) groups excluding carboxylic acids is 1. The number of piperazine rings is 1. The van der Waals surface area contributed by atoms with E-state index in [2.05, 4.69) is 20.8 Å². The fourth-order valence-corrected chi connectivity index (χ4v) is 5.98. The van der Waals surface area contributed by atoms with Crippen molar-refractivity contribution in [2.75, 3.05) is 51.4 Å². The molecule has 1 aromatic carbocycles. The highest BCUT2D eigenvalue weighted by molar-refractivity contribution is 9.10. The summed E-state index contributed by atoms with van der Waals surface area (Å²) >= 11 is 3.46. The zero-order valence-corrected chi connectivity index (χ0v) is 18.0. The number of amides is 1. The van der Waals surface area contributed by atoms with Crippen molar-refractivity contribution in [2.45, 2.75) is 19.4 Å². The van der Waals surface area contributed by atoms with Gasteiger partial charge in [-0.3, -0.25) is 9.69 Å². The van der Waals surface area contributed by atoms with Crippen molar-refractivity contribution in [1.29, 1.82) is 0 Å². The van der Waals surface area contributed by atoms with Crippen LogP contribution in [0.2, 0.25) is 0 Å². The van der Waals surface area contributed by atoms with Gasteiger partial charge < -0.3 is 14.4 Å². The highest BCUT2D eigenvalue weighted by Gasteiger charge is 2.34. The number of halogens is 1. The molecule has 9 heteroatoms. The van der Waals surface area contributed by atoms with Crippen LogP contribution in [-0.4, -0.2) is 81.6 Å². The smallest absolute Gasteiger partial charge is 0.254 e. The van der Waals surface area contributed by atoms with E-state index < -0.39 is 9.84 Å². The van der Waals surface area contributed by atoms with E-state index >= 15 is 0 Å². The summed E-state index contributed by atoms with van der Waals surface area (Å²) in [6.07, 6.45) is 0.694. The molecule has 27 heavy (non-hydrogen) atoms. The van der Waals surface area contributed by atoms with Crippen LogP contribution in [0, 0.1) is 0 Å². The molecule has 2 saturated heterocycles. The van der Waals surface area contributed by atoms with Gasteiger partial charge in [0.25, 0.3) is 5.91 Å². The lowest BCUT2D eigenvalue weighted by atomic mass is 10.1. The molecule has 0 bridgehead atoms. The largest absolute Gasteiger partial charge is 0.493 e. The molecule has 2 fully saturated rings. The van der Waals surface area contributed by atoms with Gasteiger partial charge in [-0.05, 0) is 41.4 Å². The number of rotatable bonds is 5. The zero-order chi connectivity index (χ0) is 19.6. The summed E-state index contributed by atoms with van der Waals surface area (Å²) < 4.78 is 35.0. The predicted octanol–water partition coefficient (Wildman–Crippen LogP) is 1.80. The molecule has 0 radical (unpaired) electrons. The molecule has 3 rings (SSSR count). The van der Waals surface area contributed by atoms with Crippen molar-refractivity contribution in [3.8, 4) is 11.5 Å². The Kier molecular flexibility index (Phi) is 6.32. The molecule has 2 aliphatic rings. The summed E-state index contributed by atoms with van der Waals surface area (Å²) in [6.45, 7) is 4.95. The third-order valence-corrected chi connectivity index (χ3v) is 7.43. The fourth-order valence-electron chi connectivity index (χ4n) is 3.66. The molecule has 2 aliphatic heterocycles. The molecule has 0 spiro atoms.